The maximum atomic E-state index is 2.30. The second kappa shape index (κ2) is 7.58. The van der Waals surface area contributed by atoms with Gasteiger partial charge in [0.05, 0.1) is 0 Å². The third-order valence-electron chi connectivity index (χ3n) is 3.64. The molecule has 98 valence electrons. The number of benzene rings is 1. The molecule has 2 rings (SSSR count). The molecule has 0 aliphatic carbocycles. The highest BCUT2D eigenvalue weighted by Gasteiger charge is 2.01. The number of fused-ring (bicyclic) bond motifs is 1. The monoisotopic (exact) mass is 260 g/mol. The molecule has 0 unspecified atom stereocenters. The maximum absolute atomic E-state index is 2.30. The van der Waals surface area contributed by atoms with Crippen molar-refractivity contribution in [2.45, 2.75) is 58.3 Å². The van der Waals surface area contributed by atoms with E-state index in [1.54, 1.807) is 5.56 Å². The van der Waals surface area contributed by atoms with Gasteiger partial charge in [0.2, 0.25) is 0 Å². The lowest BCUT2D eigenvalue weighted by Gasteiger charge is -2.04. The molecule has 0 fully saturated rings. The molecule has 1 heterocycles. The average molecular weight is 260 g/mol. The van der Waals surface area contributed by atoms with Gasteiger partial charge < -0.3 is 0 Å². The van der Waals surface area contributed by atoms with Gasteiger partial charge >= 0.3 is 0 Å². The Hall–Kier alpha value is -0.820. The van der Waals surface area contributed by atoms with Crippen LogP contribution < -0.4 is 0 Å². The molecule has 0 aliphatic heterocycles. The summed E-state index contributed by atoms with van der Waals surface area (Å²) in [4.78, 5) is 0. The van der Waals surface area contributed by atoms with Crippen LogP contribution in [0.1, 0.15) is 57.4 Å². The second-order valence-corrected chi connectivity index (χ2v) is 6.07. The Morgan fingerprint density at radius 2 is 1.67 bits per heavy atom. The lowest BCUT2D eigenvalue weighted by atomic mass is 10.0. The maximum Gasteiger partial charge on any atom is 0.0345 e. The lowest BCUT2D eigenvalue weighted by Crippen LogP contribution is -1.87. The van der Waals surface area contributed by atoms with Gasteiger partial charge in [0.15, 0.2) is 0 Å². The molecule has 1 aromatic heterocycles. The van der Waals surface area contributed by atoms with E-state index in [2.05, 4.69) is 36.6 Å². The van der Waals surface area contributed by atoms with Crippen molar-refractivity contribution in [1.29, 1.82) is 0 Å². The standard InChI is InChI=1S/C17H24S/c1-2-3-4-5-6-7-8-10-15-11-9-12-17-16(15)13-14-18-17/h9,11-14H,2-8,10H2,1H3. The number of rotatable bonds is 8. The van der Waals surface area contributed by atoms with Gasteiger partial charge in [0.1, 0.15) is 0 Å². The molecule has 1 aromatic carbocycles. The highest BCUT2D eigenvalue weighted by molar-refractivity contribution is 7.17. The minimum absolute atomic E-state index is 1.25. The highest BCUT2D eigenvalue weighted by atomic mass is 32.1. The zero-order valence-corrected chi connectivity index (χ0v) is 12.3. The van der Waals surface area contributed by atoms with Crippen LogP contribution in [-0.2, 0) is 6.42 Å². The quantitative estimate of drug-likeness (QED) is 0.496. The summed E-state index contributed by atoms with van der Waals surface area (Å²) in [5.41, 5.74) is 1.54. The molecule has 0 N–H and O–H groups in total. The van der Waals surface area contributed by atoms with E-state index in [1.807, 2.05) is 11.3 Å². The van der Waals surface area contributed by atoms with Crippen molar-refractivity contribution in [3.63, 3.8) is 0 Å². The first kappa shape index (κ1) is 13.6. The normalized spacial score (nSPS) is 11.2. The predicted octanol–water partition coefficient (Wildman–Crippen LogP) is 6.19. The summed E-state index contributed by atoms with van der Waals surface area (Å²) in [6.07, 6.45) is 11.0. The van der Waals surface area contributed by atoms with Gasteiger partial charge in [-0.2, -0.15) is 0 Å². The summed E-state index contributed by atoms with van der Waals surface area (Å²) in [5.74, 6) is 0. The smallest absolute Gasteiger partial charge is 0.0345 e. The molecule has 0 nitrogen and oxygen atoms in total. The van der Waals surface area contributed by atoms with Crippen LogP contribution in [0.3, 0.4) is 0 Å². The fourth-order valence-electron chi connectivity index (χ4n) is 2.55. The van der Waals surface area contributed by atoms with Crippen molar-refractivity contribution in [2.24, 2.45) is 0 Å². The van der Waals surface area contributed by atoms with E-state index in [-0.39, 0.29) is 0 Å². The number of hydrogen-bond donors (Lipinski definition) is 0. The van der Waals surface area contributed by atoms with Gasteiger partial charge in [0, 0.05) is 4.70 Å². The minimum Gasteiger partial charge on any atom is -0.144 e. The summed E-state index contributed by atoms with van der Waals surface area (Å²) in [7, 11) is 0. The van der Waals surface area contributed by atoms with Crippen molar-refractivity contribution in [1.82, 2.24) is 0 Å². The molecule has 0 radical (unpaired) electrons. The molecule has 0 saturated carbocycles. The number of aryl methyl sites for hydroxylation is 1. The van der Waals surface area contributed by atoms with Crippen LogP contribution in [0, 0.1) is 0 Å². The molecule has 0 saturated heterocycles. The number of hydrogen-bond acceptors (Lipinski definition) is 1. The predicted molar refractivity (Wildman–Crippen MR) is 83.5 cm³/mol. The van der Waals surface area contributed by atoms with Crippen LogP contribution in [0.4, 0.5) is 0 Å². The Kier molecular flexibility index (Phi) is 5.73. The van der Waals surface area contributed by atoms with Crippen LogP contribution in [0.2, 0.25) is 0 Å². The molecule has 1 heteroatoms. The van der Waals surface area contributed by atoms with Crippen LogP contribution >= 0.6 is 11.3 Å². The first-order valence-electron chi connectivity index (χ1n) is 7.37. The van der Waals surface area contributed by atoms with E-state index in [0.717, 1.165) is 0 Å². The first-order chi connectivity index (χ1) is 8.92. The van der Waals surface area contributed by atoms with Gasteiger partial charge in [0.25, 0.3) is 0 Å². The Balaban J connectivity index is 1.72. The molecule has 0 amide bonds. The number of unbranched alkanes of at least 4 members (excludes halogenated alkanes) is 6. The van der Waals surface area contributed by atoms with Crippen molar-refractivity contribution in [2.75, 3.05) is 0 Å². The van der Waals surface area contributed by atoms with Gasteiger partial charge in [-0.15, -0.1) is 11.3 Å². The van der Waals surface area contributed by atoms with Gasteiger partial charge in [-0.3, -0.25) is 0 Å². The van der Waals surface area contributed by atoms with Crippen molar-refractivity contribution in [3.8, 4) is 0 Å². The zero-order valence-electron chi connectivity index (χ0n) is 11.5. The molecule has 18 heavy (non-hydrogen) atoms. The number of thiophene rings is 1. The van der Waals surface area contributed by atoms with Crippen molar-refractivity contribution < 1.29 is 0 Å². The van der Waals surface area contributed by atoms with Crippen molar-refractivity contribution >= 4 is 21.4 Å². The average Bonchev–Trinajstić information content (AvgIpc) is 2.86. The Morgan fingerprint density at radius 1 is 0.889 bits per heavy atom. The largest absolute Gasteiger partial charge is 0.144 e. The summed E-state index contributed by atoms with van der Waals surface area (Å²) in [6.45, 7) is 2.28. The molecular weight excluding hydrogens is 236 g/mol. The fraction of sp³-hybridized carbons (Fsp3) is 0.529. The van der Waals surface area contributed by atoms with E-state index in [0.29, 0.717) is 0 Å². The van der Waals surface area contributed by atoms with Gasteiger partial charge in [-0.25, -0.2) is 0 Å². The molecule has 0 atom stereocenters. The summed E-state index contributed by atoms with van der Waals surface area (Å²) in [5, 5.41) is 3.69. The van der Waals surface area contributed by atoms with Crippen LogP contribution in [0.5, 0.6) is 0 Å². The summed E-state index contributed by atoms with van der Waals surface area (Å²) >= 11 is 1.85. The summed E-state index contributed by atoms with van der Waals surface area (Å²) in [6, 6.07) is 9.01. The third kappa shape index (κ3) is 3.84. The SMILES string of the molecule is CCCCCCCCCc1cccc2sccc12. The summed E-state index contributed by atoms with van der Waals surface area (Å²) < 4.78 is 1.44. The van der Waals surface area contributed by atoms with E-state index in [4.69, 9.17) is 0 Å². The van der Waals surface area contributed by atoms with Crippen LogP contribution in [0.15, 0.2) is 29.6 Å². The molecule has 0 spiro atoms. The second-order valence-electron chi connectivity index (χ2n) is 5.12. The van der Waals surface area contributed by atoms with E-state index >= 15 is 0 Å². The van der Waals surface area contributed by atoms with Crippen molar-refractivity contribution in [3.05, 3.63) is 35.2 Å². The van der Waals surface area contributed by atoms with Crippen LogP contribution in [-0.4, -0.2) is 0 Å². The molecule has 0 bridgehead atoms. The minimum atomic E-state index is 1.25. The molecular formula is C17H24S. The first-order valence-corrected chi connectivity index (χ1v) is 8.25. The van der Waals surface area contributed by atoms with E-state index in [9.17, 15) is 0 Å². The third-order valence-corrected chi connectivity index (χ3v) is 4.52. The topological polar surface area (TPSA) is 0 Å². The van der Waals surface area contributed by atoms with E-state index < -0.39 is 0 Å². The van der Waals surface area contributed by atoms with Crippen LogP contribution in [0.25, 0.3) is 10.1 Å². The molecule has 0 aliphatic rings. The lowest BCUT2D eigenvalue weighted by molar-refractivity contribution is 0.590. The molecule has 2 aromatic rings. The zero-order chi connectivity index (χ0) is 12.6. The van der Waals surface area contributed by atoms with Gasteiger partial charge in [-0.1, -0.05) is 57.6 Å². The van der Waals surface area contributed by atoms with E-state index in [1.165, 1.54) is 61.5 Å². The highest BCUT2D eigenvalue weighted by Crippen LogP contribution is 2.25. The fourth-order valence-corrected chi connectivity index (χ4v) is 3.38. The Morgan fingerprint density at radius 3 is 2.50 bits per heavy atom. The van der Waals surface area contributed by atoms with Gasteiger partial charge in [-0.05, 0) is 41.3 Å². The Labute approximate surface area is 115 Å². The Bertz CT molecular complexity index is 455.